The monoisotopic (exact) mass is 431 g/mol. The Balaban J connectivity index is 2.32. The molecule has 4 nitrogen and oxygen atoms in total. The fraction of sp³-hybridized carbons (Fsp3) is 0.400. The molecule has 1 saturated heterocycles. The van der Waals surface area contributed by atoms with E-state index in [-0.39, 0.29) is 11.2 Å². The van der Waals surface area contributed by atoms with Crippen LogP contribution in [0.2, 0.25) is 0 Å². The first-order valence-electron chi connectivity index (χ1n) is 7.21. The van der Waals surface area contributed by atoms with Gasteiger partial charge in [-0.15, -0.1) is 0 Å². The summed E-state index contributed by atoms with van der Waals surface area (Å²) < 4.78 is 17.7. The predicted molar refractivity (Wildman–Crippen MR) is 94.3 cm³/mol. The summed E-state index contributed by atoms with van der Waals surface area (Å²) in [6.07, 6.45) is 1.76. The number of hydrogen-bond donors (Lipinski definition) is 1. The van der Waals surface area contributed by atoms with Crippen molar-refractivity contribution in [2.45, 2.75) is 13.5 Å². The van der Waals surface area contributed by atoms with Gasteiger partial charge in [-0.25, -0.2) is 4.39 Å². The van der Waals surface area contributed by atoms with E-state index < -0.39 is 0 Å². The first kappa shape index (κ1) is 16.0. The molecular weight excluding hydrogens is 417 g/mol. The zero-order valence-corrected chi connectivity index (χ0v) is 15.3. The van der Waals surface area contributed by atoms with Gasteiger partial charge in [-0.3, -0.25) is 4.79 Å². The summed E-state index contributed by atoms with van der Waals surface area (Å²) in [7, 11) is 0. The summed E-state index contributed by atoms with van der Waals surface area (Å²) >= 11 is 6.80. The second-order valence-corrected chi connectivity index (χ2v) is 6.89. The Kier molecular flexibility index (Phi) is 4.56. The van der Waals surface area contributed by atoms with Crippen LogP contribution in [0.4, 0.5) is 10.1 Å². The Hall–Kier alpha value is -0.920. The lowest BCUT2D eigenvalue weighted by atomic mass is 10.1. The summed E-state index contributed by atoms with van der Waals surface area (Å²) in [5, 5.41) is 3.65. The number of hydrogen-bond acceptors (Lipinski definition) is 3. The second kappa shape index (κ2) is 6.29. The molecule has 0 aliphatic carbocycles. The molecule has 0 unspecified atom stereocenters. The number of aromatic nitrogens is 1. The molecule has 22 heavy (non-hydrogen) atoms. The van der Waals surface area contributed by atoms with Crippen LogP contribution in [0, 0.1) is 5.82 Å². The molecular formula is C15H16Br2FN3O. The molecule has 1 aliphatic rings. The molecule has 2 aromatic rings. The normalized spacial score (nSPS) is 15.5. The Bertz CT molecular complexity index is 785. The molecule has 1 N–H and O–H groups in total. The maximum atomic E-state index is 14.7. The van der Waals surface area contributed by atoms with Gasteiger partial charge in [0.05, 0.1) is 25.5 Å². The number of nitrogens with one attached hydrogen (secondary N) is 1. The summed E-state index contributed by atoms with van der Waals surface area (Å²) in [5.74, 6) is -0.362. The Morgan fingerprint density at radius 3 is 2.64 bits per heavy atom. The molecule has 0 bridgehead atoms. The molecule has 1 aromatic heterocycles. The van der Waals surface area contributed by atoms with Gasteiger partial charge in [-0.1, -0.05) is 0 Å². The van der Waals surface area contributed by atoms with Crippen molar-refractivity contribution in [3.63, 3.8) is 0 Å². The molecule has 2 heterocycles. The minimum Gasteiger partial charge on any atom is -0.366 e. The molecule has 0 amide bonds. The van der Waals surface area contributed by atoms with Crippen molar-refractivity contribution >= 4 is 48.5 Å². The Morgan fingerprint density at radius 2 is 2.00 bits per heavy atom. The molecule has 3 rings (SSSR count). The highest BCUT2D eigenvalue weighted by Crippen LogP contribution is 2.36. The summed E-state index contributed by atoms with van der Waals surface area (Å²) in [6.45, 7) is 5.83. The zero-order chi connectivity index (χ0) is 15.9. The van der Waals surface area contributed by atoms with Crippen LogP contribution in [0.15, 0.2) is 26.0 Å². The van der Waals surface area contributed by atoms with Crippen molar-refractivity contribution in [2.24, 2.45) is 0 Å². The van der Waals surface area contributed by atoms with Gasteiger partial charge in [0.1, 0.15) is 5.82 Å². The van der Waals surface area contributed by atoms with Gasteiger partial charge >= 0.3 is 0 Å². The van der Waals surface area contributed by atoms with Crippen molar-refractivity contribution in [3.8, 4) is 0 Å². The molecule has 0 atom stereocenters. The van der Waals surface area contributed by atoms with Crippen LogP contribution >= 0.6 is 31.9 Å². The van der Waals surface area contributed by atoms with E-state index in [4.69, 9.17) is 0 Å². The molecule has 0 saturated carbocycles. The van der Waals surface area contributed by atoms with E-state index >= 15 is 0 Å². The van der Waals surface area contributed by atoms with E-state index in [1.807, 2.05) is 16.4 Å². The number of rotatable bonds is 2. The lowest BCUT2D eigenvalue weighted by Crippen LogP contribution is -2.44. The van der Waals surface area contributed by atoms with Crippen molar-refractivity contribution in [2.75, 3.05) is 31.1 Å². The van der Waals surface area contributed by atoms with Crippen LogP contribution in [0.3, 0.4) is 0 Å². The first-order chi connectivity index (χ1) is 10.5. The highest BCUT2D eigenvalue weighted by molar-refractivity contribution is 9.11. The number of aryl methyl sites for hydroxylation is 1. The number of fused-ring (bicyclic) bond motifs is 1. The molecule has 118 valence electrons. The fourth-order valence-electron chi connectivity index (χ4n) is 2.87. The van der Waals surface area contributed by atoms with E-state index in [9.17, 15) is 9.18 Å². The van der Waals surface area contributed by atoms with Crippen molar-refractivity contribution in [1.82, 2.24) is 9.88 Å². The third-order valence-corrected chi connectivity index (χ3v) is 5.28. The van der Waals surface area contributed by atoms with Gasteiger partial charge in [0, 0.05) is 38.9 Å². The lowest BCUT2D eigenvalue weighted by Gasteiger charge is -2.31. The first-order valence-corrected chi connectivity index (χ1v) is 8.79. The van der Waals surface area contributed by atoms with Gasteiger partial charge in [0.15, 0.2) is 0 Å². The second-order valence-electron chi connectivity index (χ2n) is 5.25. The third kappa shape index (κ3) is 2.59. The standard InChI is InChI=1S/C15H16Br2FN3O/c1-2-20-8-10(16)15(22)9-7-11(18)14(12(17)13(9)20)21-5-3-19-4-6-21/h7-8,19H,2-6H2,1H3. The van der Waals surface area contributed by atoms with Crippen LogP contribution < -0.4 is 15.6 Å². The van der Waals surface area contributed by atoms with Crippen LogP contribution in [-0.4, -0.2) is 30.7 Å². The molecule has 1 aromatic carbocycles. The van der Waals surface area contributed by atoms with Crippen LogP contribution in [0.1, 0.15) is 6.92 Å². The maximum absolute atomic E-state index is 14.7. The van der Waals surface area contributed by atoms with E-state index in [0.717, 1.165) is 31.7 Å². The van der Waals surface area contributed by atoms with E-state index in [2.05, 4.69) is 37.2 Å². The summed E-state index contributed by atoms with van der Waals surface area (Å²) in [5.41, 5.74) is 1.09. The van der Waals surface area contributed by atoms with Gasteiger partial charge < -0.3 is 14.8 Å². The van der Waals surface area contributed by atoms with Gasteiger partial charge in [-0.05, 0) is 44.8 Å². The number of benzene rings is 1. The van der Waals surface area contributed by atoms with Crippen LogP contribution in [-0.2, 0) is 6.54 Å². The minimum atomic E-state index is -0.362. The van der Waals surface area contributed by atoms with Crippen molar-refractivity contribution < 1.29 is 4.39 Å². The minimum absolute atomic E-state index is 0.189. The average Bonchev–Trinajstić information content (AvgIpc) is 2.52. The van der Waals surface area contributed by atoms with Crippen molar-refractivity contribution in [3.05, 3.63) is 37.2 Å². The molecule has 0 radical (unpaired) electrons. The molecule has 0 spiro atoms. The number of piperazine rings is 1. The smallest absolute Gasteiger partial charge is 0.203 e. The highest BCUT2D eigenvalue weighted by atomic mass is 79.9. The number of nitrogens with zero attached hydrogens (tertiary/aromatic N) is 2. The molecule has 1 fully saturated rings. The Labute approximate surface area is 144 Å². The summed E-state index contributed by atoms with van der Waals surface area (Å²) in [4.78, 5) is 14.3. The highest BCUT2D eigenvalue weighted by Gasteiger charge is 2.22. The molecule has 7 heteroatoms. The topological polar surface area (TPSA) is 37.3 Å². The lowest BCUT2D eigenvalue weighted by molar-refractivity contribution is 0.566. The van der Waals surface area contributed by atoms with Crippen LogP contribution in [0.5, 0.6) is 0 Å². The predicted octanol–water partition coefficient (Wildman–Crippen LogP) is 3.10. The number of anilines is 1. The van der Waals surface area contributed by atoms with Gasteiger partial charge in [0.25, 0.3) is 0 Å². The average molecular weight is 433 g/mol. The zero-order valence-electron chi connectivity index (χ0n) is 12.1. The Morgan fingerprint density at radius 1 is 1.32 bits per heavy atom. The SMILES string of the molecule is CCn1cc(Br)c(=O)c2cc(F)c(N3CCNCC3)c(Br)c21. The largest absolute Gasteiger partial charge is 0.366 e. The fourth-order valence-corrected chi connectivity index (χ4v) is 4.21. The quantitative estimate of drug-likeness (QED) is 0.792. The van der Waals surface area contributed by atoms with Gasteiger partial charge in [0.2, 0.25) is 5.43 Å². The van der Waals surface area contributed by atoms with Crippen LogP contribution in [0.25, 0.3) is 10.9 Å². The number of halogens is 3. The maximum Gasteiger partial charge on any atom is 0.203 e. The van der Waals surface area contributed by atoms with E-state index in [1.54, 1.807) is 6.20 Å². The van der Waals surface area contributed by atoms with Crippen molar-refractivity contribution in [1.29, 1.82) is 0 Å². The summed E-state index contributed by atoms with van der Waals surface area (Å²) in [6, 6.07) is 1.36. The molecule has 1 aliphatic heterocycles. The third-order valence-electron chi connectivity index (χ3n) is 3.96. The number of pyridine rings is 1. The van der Waals surface area contributed by atoms with E-state index in [0.29, 0.717) is 26.6 Å². The van der Waals surface area contributed by atoms with Gasteiger partial charge in [-0.2, -0.15) is 0 Å². The van der Waals surface area contributed by atoms with E-state index in [1.165, 1.54) is 6.07 Å².